The Morgan fingerprint density at radius 1 is 0.263 bits per heavy atom. The quantitative estimate of drug-likeness (QED) is 0.0261. The van der Waals surface area contributed by atoms with Crippen LogP contribution in [-0.4, -0.2) is 37.2 Å². The van der Waals surface area contributed by atoms with E-state index in [2.05, 4.69) is 167 Å². The van der Waals surface area contributed by atoms with E-state index >= 15 is 0 Å². The minimum atomic E-state index is -0.819. The Balaban J connectivity index is 4.53. The normalized spacial score (nSPS) is 13.1. The van der Waals surface area contributed by atoms with Gasteiger partial charge in [0.1, 0.15) is 13.2 Å². The third kappa shape index (κ3) is 64.1. The van der Waals surface area contributed by atoms with Crippen molar-refractivity contribution in [2.75, 3.05) is 13.2 Å². The standard InChI is InChI=1S/C74H120O6/c1-4-7-10-13-16-19-22-25-28-31-34-36-37-39-40-43-46-49-52-55-58-61-64-67-73(76)79-70-71(69-78-72(75)66-63-60-57-54-51-48-45-42-33-30-27-24-21-18-15-12-9-6-3)80-74(77)68-65-62-59-56-53-50-47-44-41-38-35-32-29-26-23-20-17-14-11-8-5-2/h7-8,10-11,16-17,19-20,25-26,28-29,34-36,38-40,44,46-47,49,53,56,71H,4-6,9,12-15,18,21-24,27,30-33,37,41-43,45,48,50-52,54-55,57-70H2,1-3H3/b10-7-,11-8-,19-16-,20-17-,28-25-,29-26-,36-34-,38-35-,40-39-,47-44-,49-46-,56-53-. The van der Waals surface area contributed by atoms with Crippen LogP contribution in [0.15, 0.2) is 146 Å². The first kappa shape index (κ1) is 75.3. The number of ether oxygens (including phenoxy) is 3. The molecular weight excluding hydrogens is 985 g/mol. The van der Waals surface area contributed by atoms with Crippen LogP contribution in [0.5, 0.6) is 0 Å². The summed E-state index contributed by atoms with van der Waals surface area (Å²) in [5.74, 6) is -0.973. The zero-order valence-corrected chi connectivity index (χ0v) is 51.8. The molecule has 0 aromatic heterocycles. The summed E-state index contributed by atoms with van der Waals surface area (Å²) in [6.45, 7) is 6.37. The van der Waals surface area contributed by atoms with Gasteiger partial charge in [-0.05, 0) is 122 Å². The molecule has 1 unspecified atom stereocenters. The molecule has 0 N–H and O–H groups in total. The molecule has 0 saturated carbocycles. The van der Waals surface area contributed by atoms with E-state index in [-0.39, 0.29) is 37.5 Å². The summed E-state index contributed by atoms with van der Waals surface area (Å²) in [7, 11) is 0. The Morgan fingerprint density at radius 2 is 0.487 bits per heavy atom. The van der Waals surface area contributed by atoms with Gasteiger partial charge in [-0.15, -0.1) is 0 Å². The van der Waals surface area contributed by atoms with Crippen molar-refractivity contribution in [3.63, 3.8) is 0 Å². The number of unbranched alkanes of at least 4 members (excludes halogenated alkanes) is 23. The van der Waals surface area contributed by atoms with Crippen LogP contribution in [0.1, 0.15) is 284 Å². The van der Waals surface area contributed by atoms with Crippen LogP contribution < -0.4 is 0 Å². The molecule has 0 aliphatic heterocycles. The molecule has 0 fully saturated rings. The highest BCUT2D eigenvalue weighted by atomic mass is 16.6. The number of rotatable bonds is 58. The Morgan fingerprint density at radius 3 is 0.787 bits per heavy atom. The van der Waals surface area contributed by atoms with E-state index in [1.807, 2.05) is 0 Å². The highest BCUT2D eigenvalue weighted by Crippen LogP contribution is 2.16. The minimum absolute atomic E-state index is 0.107. The average molecular weight is 1110 g/mol. The van der Waals surface area contributed by atoms with E-state index in [4.69, 9.17) is 14.2 Å². The van der Waals surface area contributed by atoms with Crippen LogP contribution >= 0.6 is 0 Å². The number of esters is 3. The van der Waals surface area contributed by atoms with E-state index < -0.39 is 6.10 Å². The molecule has 0 aliphatic rings. The van der Waals surface area contributed by atoms with Crippen molar-refractivity contribution in [3.05, 3.63) is 146 Å². The van der Waals surface area contributed by atoms with E-state index in [1.54, 1.807) is 0 Å². The molecule has 0 bridgehead atoms. The molecule has 0 heterocycles. The van der Waals surface area contributed by atoms with Gasteiger partial charge >= 0.3 is 17.9 Å². The van der Waals surface area contributed by atoms with Gasteiger partial charge in [-0.1, -0.05) is 289 Å². The Labute approximate surface area is 493 Å². The lowest BCUT2D eigenvalue weighted by Gasteiger charge is -2.18. The SMILES string of the molecule is CC/C=C\C/C=C\C/C=C\C/C=C\C/C=C\C/C=C\CCCCCCC(=O)OCC(COC(=O)CCCCCCCCCCCCCCCCCCCC)OC(=O)CCCC/C=C\C/C=C\C/C=C\C/C=C\C/C=C\C/C=C\CC. The van der Waals surface area contributed by atoms with Crippen molar-refractivity contribution in [1.82, 2.24) is 0 Å². The largest absolute Gasteiger partial charge is 0.462 e. The third-order valence-corrected chi connectivity index (χ3v) is 13.6. The maximum absolute atomic E-state index is 12.9. The summed E-state index contributed by atoms with van der Waals surface area (Å²) in [6.07, 6.45) is 95.6. The van der Waals surface area contributed by atoms with Gasteiger partial charge in [-0.3, -0.25) is 14.4 Å². The lowest BCUT2D eigenvalue weighted by molar-refractivity contribution is -0.167. The van der Waals surface area contributed by atoms with E-state index in [1.165, 1.54) is 96.3 Å². The van der Waals surface area contributed by atoms with Gasteiger partial charge < -0.3 is 14.2 Å². The number of hydrogen-bond acceptors (Lipinski definition) is 6. The number of hydrogen-bond donors (Lipinski definition) is 0. The summed E-state index contributed by atoms with van der Waals surface area (Å²) in [4.78, 5) is 38.4. The smallest absolute Gasteiger partial charge is 0.306 e. The average Bonchev–Trinajstić information content (AvgIpc) is 3.46. The zero-order valence-electron chi connectivity index (χ0n) is 51.8. The summed E-state index contributed by atoms with van der Waals surface area (Å²) in [5.41, 5.74) is 0. The van der Waals surface area contributed by atoms with Crippen molar-refractivity contribution >= 4 is 17.9 Å². The summed E-state index contributed by atoms with van der Waals surface area (Å²) in [5, 5.41) is 0. The number of carbonyl (C=O) groups is 3. The molecule has 0 spiro atoms. The van der Waals surface area contributed by atoms with Gasteiger partial charge in [0.05, 0.1) is 0 Å². The first-order valence-corrected chi connectivity index (χ1v) is 32.8. The maximum atomic E-state index is 12.9. The molecule has 0 aliphatic carbocycles. The zero-order chi connectivity index (χ0) is 57.8. The van der Waals surface area contributed by atoms with Crippen LogP contribution in [0.3, 0.4) is 0 Å². The second-order valence-corrected chi connectivity index (χ2v) is 21.3. The highest BCUT2D eigenvalue weighted by Gasteiger charge is 2.19. The van der Waals surface area contributed by atoms with E-state index in [0.29, 0.717) is 19.3 Å². The van der Waals surface area contributed by atoms with Crippen LogP contribution in [-0.2, 0) is 28.6 Å². The summed E-state index contributed by atoms with van der Waals surface area (Å²) >= 11 is 0. The Kier molecular flexibility index (Phi) is 62.9. The molecule has 0 aromatic carbocycles. The summed E-state index contributed by atoms with van der Waals surface area (Å²) in [6, 6.07) is 0. The first-order valence-electron chi connectivity index (χ1n) is 32.8. The molecule has 0 aromatic rings. The molecule has 0 saturated heterocycles. The number of carbonyl (C=O) groups excluding carboxylic acids is 3. The second kappa shape index (κ2) is 66.8. The Hall–Kier alpha value is -4.71. The fourth-order valence-corrected chi connectivity index (χ4v) is 8.74. The van der Waals surface area contributed by atoms with Gasteiger partial charge in [0.15, 0.2) is 6.10 Å². The fourth-order valence-electron chi connectivity index (χ4n) is 8.74. The van der Waals surface area contributed by atoms with Crippen molar-refractivity contribution in [2.24, 2.45) is 0 Å². The van der Waals surface area contributed by atoms with Crippen molar-refractivity contribution in [2.45, 2.75) is 290 Å². The molecule has 1 atom stereocenters. The monoisotopic (exact) mass is 1100 g/mol. The van der Waals surface area contributed by atoms with Gasteiger partial charge in [-0.2, -0.15) is 0 Å². The molecule has 0 rings (SSSR count). The van der Waals surface area contributed by atoms with Gasteiger partial charge in [0.25, 0.3) is 0 Å². The molecule has 80 heavy (non-hydrogen) atoms. The number of allylic oxidation sites excluding steroid dienone is 24. The van der Waals surface area contributed by atoms with E-state index in [9.17, 15) is 14.4 Å². The van der Waals surface area contributed by atoms with Crippen LogP contribution in [0.4, 0.5) is 0 Å². The van der Waals surface area contributed by atoms with Gasteiger partial charge in [0.2, 0.25) is 0 Å². The van der Waals surface area contributed by atoms with Gasteiger partial charge in [-0.25, -0.2) is 0 Å². The molecule has 6 heteroatoms. The maximum Gasteiger partial charge on any atom is 0.306 e. The molecular formula is C74H120O6. The lowest BCUT2D eigenvalue weighted by atomic mass is 10.0. The molecule has 6 nitrogen and oxygen atoms in total. The van der Waals surface area contributed by atoms with Gasteiger partial charge in [0, 0.05) is 19.3 Å². The lowest BCUT2D eigenvalue weighted by Crippen LogP contribution is -2.30. The van der Waals surface area contributed by atoms with Crippen LogP contribution in [0, 0.1) is 0 Å². The first-order chi connectivity index (χ1) is 39.5. The highest BCUT2D eigenvalue weighted by molar-refractivity contribution is 5.71. The minimum Gasteiger partial charge on any atom is -0.462 e. The third-order valence-electron chi connectivity index (χ3n) is 13.6. The predicted octanol–water partition coefficient (Wildman–Crippen LogP) is 22.7. The van der Waals surface area contributed by atoms with Crippen molar-refractivity contribution in [3.8, 4) is 0 Å². The molecule has 452 valence electrons. The van der Waals surface area contributed by atoms with Crippen LogP contribution in [0.25, 0.3) is 0 Å². The second-order valence-electron chi connectivity index (χ2n) is 21.3. The Bertz CT molecular complexity index is 1750. The van der Waals surface area contributed by atoms with Crippen LogP contribution in [0.2, 0.25) is 0 Å². The molecule has 0 amide bonds. The van der Waals surface area contributed by atoms with Crippen molar-refractivity contribution in [1.29, 1.82) is 0 Å². The predicted molar refractivity (Wildman–Crippen MR) is 348 cm³/mol. The summed E-state index contributed by atoms with van der Waals surface area (Å²) < 4.78 is 16.9. The fraction of sp³-hybridized carbons (Fsp3) is 0.635. The van der Waals surface area contributed by atoms with Crippen molar-refractivity contribution < 1.29 is 28.6 Å². The topological polar surface area (TPSA) is 78.9 Å². The van der Waals surface area contributed by atoms with E-state index in [0.717, 1.165) is 141 Å². The molecule has 0 radical (unpaired) electrons.